The van der Waals surface area contributed by atoms with E-state index in [-0.39, 0.29) is 10.5 Å². The van der Waals surface area contributed by atoms with Crippen LogP contribution in [-0.2, 0) is 12.7 Å². The normalized spacial score (nSPS) is 12.8. The fraction of sp³-hybridized carbons (Fsp3) is 0.278. The number of aromatic nitrogens is 2. The van der Waals surface area contributed by atoms with Gasteiger partial charge < -0.3 is 9.67 Å². The van der Waals surface area contributed by atoms with Crippen molar-refractivity contribution in [2.24, 2.45) is 0 Å². The fourth-order valence-electron chi connectivity index (χ4n) is 2.79. The highest BCUT2D eigenvalue weighted by Gasteiger charge is 2.34. The molecule has 3 aromatic rings. The first-order valence-corrected chi connectivity index (χ1v) is 8.07. The van der Waals surface area contributed by atoms with Gasteiger partial charge in [0.2, 0.25) is 0 Å². The second-order valence-electron chi connectivity index (χ2n) is 6.62. The lowest BCUT2D eigenvalue weighted by Gasteiger charge is -2.18. The van der Waals surface area contributed by atoms with Gasteiger partial charge in [0.1, 0.15) is 0 Å². The maximum atomic E-state index is 13.3. The zero-order valence-electron chi connectivity index (χ0n) is 13.7. The molecule has 1 heterocycles. The molecule has 0 unspecified atom stereocenters. The molecule has 132 valence electrons. The number of hydrogen-bond donors (Lipinski definition) is 2. The molecule has 0 spiro atoms. The average Bonchev–Trinajstić information content (AvgIpc) is 2.86. The van der Waals surface area contributed by atoms with Crippen LogP contribution in [0.5, 0.6) is 0 Å². The predicted molar refractivity (Wildman–Crippen MR) is 93.7 cm³/mol. The van der Waals surface area contributed by atoms with E-state index in [1.165, 1.54) is 12.1 Å². The molecule has 1 aromatic heterocycles. The summed E-state index contributed by atoms with van der Waals surface area (Å²) in [4.78, 5) is 4.51. The van der Waals surface area contributed by atoms with Gasteiger partial charge in [-0.2, -0.15) is 13.2 Å². The van der Waals surface area contributed by atoms with Crippen LogP contribution in [0.25, 0.3) is 22.2 Å². The third-order valence-electron chi connectivity index (χ3n) is 3.80. The van der Waals surface area contributed by atoms with Gasteiger partial charge in [-0.05, 0) is 49.2 Å². The van der Waals surface area contributed by atoms with E-state index in [4.69, 9.17) is 0 Å². The molecule has 0 saturated heterocycles. The number of fused-ring (bicyclic) bond motifs is 1. The Morgan fingerprint density at radius 2 is 1.84 bits per heavy atom. The van der Waals surface area contributed by atoms with E-state index in [1.54, 1.807) is 42.9 Å². The SMILES string of the molecule is CC(C)(O)Cn1cnc2cc(-c3ccc(S)cc3C(F)(F)F)ccc21. The topological polar surface area (TPSA) is 38.0 Å². The summed E-state index contributed by atoms with van der Waals surface area (Å²) < 4.78 is 41.8. The standard InChI is InChI=1S/C18H17F3N2OS/c1-17(2,24)9-23-10-22-15-7-11(3-6-16(15)23)13-5-4-12(25)8-14(13)18(19,20)21/h3-8,10,24-25H,9H2,1-2H3. The first-order chi connectivity index (χ1) is 11.5. The lowest BCUT2D eigenvalue weighted by molar-refractivity contribution is -0.137. The van der Waals surface area contributed by atoms with Crippen molar-refractivity contribution in [2.45, 2.75) is 37.1 Å². The van der Waals surface area contributed by atoms with Crippen molar-refractivity contribution in [3.63, 3.8) is 0 Å². The summed E-state index contributed by atoms with van der Waals surface area (Å²) >= 11 is 4.01. The van der Waals surface area contributed by atoms with Gasteiger partial charge in [0.15, 0.2) is 0 Å². The first kappa shape index (κ1) is 17.8. The molecule has 0 aliphatic heterocycles. The smallest absolute Gasteiger partial charge is 0.389 e. The molecule has 0 saturated carbocycles. The summed E-state index contributed by atoms with van der Waals surface area (Å²) in [5, 5.41) is 9.95. The van der Waals surface area contributed by atoms with Crippen LogP contribution in [0.3, 0.4) is 0 Å². The second kappa shape index (κ2) is 6.07. The zero-order chi connectivity index (χ0) is 18.4. The molecular weight excluding hydrogens is 349 g/mol. The molecule has 0 amide bonds. The molecule has 0 radical (unpaired) electrons. The van der Waals surface area contributed by atoms with Crippen molar-refractivity contribution in [1.82, 2.24) is 9.55 Å². The molecule has 1 N–H and O–H groups in total. The molecule has 3 nitrogen and oxygen atoms in total. The van der Waals surface area contributed by atoms with Gasteiger partial charge >= 0.3 is 6.18 Å². The van der Waals surface area contributed by atoms with Crippen LogP contribution in [0.15, 0.2) is 47.6 Å². The number of alkyl halides is 3. The van der Waals surface area contributed by atoms with Crippen LogP contribution < -0.4 is 0 Å². The Hall–Kier alpha value is -1.99. The van der Waals surface area contributed by atoms with Crippen molar-refractivity contribution in [3.05, 3.63) is 48.3 Å². The Labute approximate surface area is 148 Å². The minimum atomic E-state index is -4.47. The highest BCUT2D eigenvalue weighted by atomic mass is 32.1. The Morgan fingerprint density at radius 1 is 1.12 bits per heavy atom. The quantitative estimate of drug-likeness (QED) is 0.655. The van der Waals surface area contributed by atoms with Gasteiger partial charge in [-0.15, -0.1) is 12.6 Å². The van der Waals surface area contributed by atoms with Gasteiger partial charge in [0.05, 0.1) is 35.1 Å². The maximum absolute atomic E-state index is 13.3. The minimum Gasteiger partial charge on any atom is -0.389 e. The van der Waals surface area contributed by atoms with Gasteiger partial charge in [0.25, 0.3) is 0 Å². The van der Waals surface area contributed by atoms with Crippen LogP contribution >= 0.6 is 12.6 Å². The molecule has 0 bridgehead atoms. The summed E-state index contributed by atoms with van der Waals surface area (Å²) in [6.07, 6.45) is -2.89. The lowest BCUT2D eigenvalue weighted by atomic mass is 9.99. The summed E-state index contributed by atoms with van der Waals surface area (Å²) in [6, 6.07) is 8.95. The Bertz CT molecular complexity index is 926. The second-order valence-corrected chi connectivity index (χ2v) is 7.13. The summed E-state index contributed by atoms with van der Waals surface area (Å²) in [6.45, 7) is 3.70. The Balaban J connectivity index is 2.10. The molecule has 2 aromatic carbocycles. The van der Waals surface area contributed by atoms with E-state index in [0.717, 1.165) is 11.6 Å². The van der Waals surface area contributed by atoms with E-state index in [0.29, 0.717) is 17.6 Å². The largest absolute Gasteiger partial charge is 0.417 e. The van der Waals surface area contributed by atoms with Crippen LogP contribution in [0, 0.1) is 0 Å². The fourth-order valence-corrected chi connectivity index (χ4v) is 3.00. The summed E-state index contributed by atoms with van der Waals surface area (Å²) in [5.41, 5.74) is 0.203. The Morgan fingerprint density at radius 3 is 2.48 bits per heavy atom. The molecule has 7 heteroatoms. The van der Waals surface area contributed by atoms with Crippen molar-refractivity contribution in [3.8, 4) is 11.1 Å². The van der Waals surface area contributed by atoms with Crippen LogP contribution in [0.2, 0.25) is 0 Å². The third-order valence-corrected chi connectivity index (χ3v) is 4.08. The first-order valence-electron chi connectivity index (χ1n) is 7.62. The third kappa shape index (κ3) is 3.82. The van der Waals surface area contributed by atoms with Crippen LogP contribution in [0.4, 0.5) is 13.2 Å². The maximum Gasteiger partial charge on any atom is 0.417 e. The zero-order valence-corrected chi connectivity index (χ0v) is 14.6. The number of aliphatic hydroxyl groups is 1. The molecular formula is C18H17F3N2OS. The van der Waals surface area contributed by atoms with Crippen LogP contribution in [0.1, 0.15) is 19.4 Å². The highest BCUT2D eigenvalue weighted by molar-refractivity contribution is 7.80. The summed E-state index contributed by atoms with van der Waals surface area (Å²) in [7, 11) is 0. The van der Waals surface area contributed by atoms with Gasteiger partial charge in [-0.25, -0.2) is 4.98 Å². The van der Waals surface area contributed by atoms with Crippen molar-refractivity contribution < 1.29 is 18.3 Å². The number of thiol groups is 1. The number of benzene rings is 2. The predicted octanol–water partition coefficient (Wildman–Crippen LogP) is 4.78. The van der Waals surface area contributed by atoms with E-state index in [1.807, 2.05) is 0 Å². The van der Waals surface area contributed by atoms with Gasteiger partial charge in [-0.1, -0.05) is 12.1 Å². The van der Waals surface area contributed by atoms with Gasteiger partial charge in [-0.3, -0.25) is 0 Å². The van der Waals surface area contributed by atoms with Crippen molar-refractivity contribution in [1.29, 1.82) is 0 Å². The number of imidazole rings is 1. The van der Waals surface area contributed by atoms with Crippen molar-refractivity contribution in [2.75, 3.05) is 0 Å². The Kier molecular flexibility index (Phi) is 4.33. The number of hydrogen-bond acceptors (Lipinski definition) is 3. The minimum absolute atomic E-state index is 0.0873. The molecule has 0 fully saturated rings. The number of nitrogens with zero attached hydrogens (tertiary/aromatic N) is 2. The van der Waals surface area contributed by atoms with Crippen molar-refractivity contribution >= 4 is 23.7 Å². The highest BCUT2D eigenvalue weighted by Crippen LogP contribution is 2.38. The lowest BCUT2D eigenvalue weighted by Crippen LogP contribution is -2.25. The van der Waals surface area contributed by atoms with E-state index in [9.17, 15) is 18.3 Å². The van der Waals surface area contributed by atoms with E-state index in [2.05, 4.69) is 17.6 Å². The molecule has 0 aliphatic carbocycles. The monoisotopic (exact) mass is 366 g/mol. The van der Waals surface area contributed by atoms with Crippen LogP contribution in [-0.4, -0.2) is 20.3 Å². The number of halogens is 3. The number of rotatable bonds is 3. The van der Waals surface area contributed by atoms with E-state index < -0.39 is 17.3 Å². The molecule has 25 heavy (non-hydrogen) atoms. The average molecular weight is 366 g/mol. The van der Waals surface area contributed by atoms with Gasteiger partial charge in [0, 0.05) is 4.90 Å². The summed E-state index contributed by atoms with van der Waals surface area (Å²) in [5.74, 6) is 0. The molecule has 0 aliphatic rings. The molecule has 3 rings (SSSR count). The molecule has 0 atom stereocenters. The van der Waals surface area contributed by atoms with E-state index >= 15 is 0 Å².